The van der Waals surface area contributed by atoms with Gasteiger partial charge in [-0.15, -0.1) is 0 Å². The summed E-state index contributed by atoms with van der Waals surface area (Å²) >= 11 is 0. The molecule has 0 radical (unpaired) electrons. The lowest BCUT2D eigenvalue weighted by molar-refractivity contribution is -0.128. The van der Waals surface area contributed by atoms with Gasteiger partial charge in [0.25, 0.3) is 0 Å². The van der Waals surface area contributed by atoms with Crippen LogP contribution >= 0.6 is 0 Å². The number of benzene rings is 1. The van der Waals surface area contributed by atoms with Crippen molar-refractivity contribution in [3.63, 3.8) is 0 Å². The summed E-state index contributed by atoms with van der Waals surface area (Å²) in [6.07, 6.45) is 1.64. The first-order valence-corrected chi connectivity index (χ1v) is 7.67. The fourth-order valence-electron chi connectivity index (χ4n) is 2.54. The van der Waals surface area contributed by atoms with Gasteiger partial charge >= 0.3 is 0 Å². The van der Waals surface area contributed by atoms with Gasteiger partial charge in [-0.05, 0) is 44.7 Å². The van der Waals surface area contributed by atoms with E-state index in [1.54, 1.807) is 0 Å². The number of nitrogens with zero attached hydrogens (tertiary/aromatic N) is 1. The molecule has 1 atom stereocenters. The molecule has 1 amide bonds. The molecule has 0 spiro atoms. The van der Waals surface area contributed by atoms with Crippen molar-refractivity contribution in [1.29, 1.82) is 0 Å². The van der Waals surface area contributed by atoms with Gasteiger partial charge in [-0.2, -0.15) is 0 Å². The minimum absolute atomic E-state index is 0.0615. The van der Waals surface area contributed by atoms with Crippen LogP contribution in [0, 0.1) is 0 Å². The Labute approximate surface area is 127 Å². The van der Waals surface area contributed by atoms with Gasteiger partial charge in [-0.3, -0.25) is 9.69 Å². The highest BCUT2D eigenvalue weighted by Gasteiger charge is 2.25. The third-order valence-corrected chi connectivity index (χ3v) is 4.06. The molecule has 4 heteroatoms. The summed E-state index contributed by atoms with van der Waals surface area (Å²) < 4.78 is 0. The van der Waals surface area contributed by atoms with Crippen LogP contribution in [0.5, 0.6) is 0 Å². The maximum atomic E-state index is 11.7. The van der Waals surface area contributed by atoms with Gasteiger partial charge in [-0.1, -0.05) is 24.3 Å². The van der Waals surface area contributed by atoms with E-state index >= 15 is 0 Å². The predicted molar refractivity (Wildman–Crippen MR) is 83.9 cm³/mol. The van der Waals surface area contributed by atoms with Gasteiger partial charge < -0.3 is 10.4 Å². The minimum Gasteiger partial charge on any atom is -0.390 e. The fourth-order valence-corrected chi connectivity index (χ4v) is 2.54. The van der Waals surface area contributed by atoms with Crippen LogP contribution in [0.4, 0.5) is 0 Å². The van der Waals surface area contributed by atoms with Crippen LogP contribution in [0.1, 0.15) is 38.3 Å². The Balaban J connectivity index is 1.91. The Bertz CT molecular complexity index is 477. The quantitative estimate of drug-likeness (QED) is 0.868. The Morgan fingerprint density at radius 1 is 1.29 bits per heavy atom. The number of hydrogen-bond donors (Lipinski definition) is 2. The summed E-state index contributed by atoms with van der Waals surface area (Å²) in [4.78, 5) is 13.9. The van der Waals surface area contributed by atoms with Crippen LogP contribution in [0.3, 0.4) is 0 Å². The van der Waals surface area contributed by atoms with Crippen LogP contribution in [-0.4, -0.2) is 40.6 Å². The van der Waals surface area contributed by atoms with Crippen molar-refractivity contribution in [3.8, 4) is 0 Å². The number of aryl methyl sites for hydroxylation is 1. The zero-order chi connectivity index (χ0) is 15.5. The van der Waals surface area contributed by atoms with E-state index in [1.165, 1.54) is 11.1 Å². The molecule has 1 heterocycles. The van der Waals surface area contributed by atoms with Gasteiger partial charge in [0, 0.05) is 19.6 Å². The molecule has 4 nitrogen and oxygen atoms in total. The van der Waals surface area contributed by atoms with Crippen LogP contribution < -0.4 is 5.32 Å². The van der Waals surface area contributed by atoms with Gasteiger partial charge in [0.2, 0.25) is 5.91 Å². The Morgan fingerprint density at radius 3 is 2.52 bits per heavy atom. The number of carbonyl (C=O) groups is 1. The summed E-state index contributed by atoms with van der Waals surface area (Å²) in [5, 5.41) is 12.6. The Morgan fingerprint density at radius 2 is 1.90 bits per heavy atom. The number of piperazine rings is 1. The predicted octanol–water partition coefficient (Wildman–Crippen LogP) is 1.71. The minimum atomic E-state index is -0.616. The van der Waals surface area contributed by atoms with Gasteiger partial charge in [-0.25, -0.2) is 0 Å². The molecule has 1 aromatic rings. The van der Waals surface area contributed by atoms with Crippen molar-refractivity contribution >= 4 is 5.91 Å². The summed E-state index contributed by atoms with van der Waals surface area (Å²) in [5.74, 6) is 0.114. The maximum Gasteiger partial charge on any atom is 0.237 e. The third kappa shape index (κ3) is 4.83. The third-order valence-electron chi connectivity index (χ3n) is 4.06. The topological polar surface area (TPSA) is 52.6 Å². The normalized spacial score (nSPS) is 20.4. The van der Waals surface area contributed by atoms with Crippen molar-refractivity contribution in [2.75, 3.05) is 13.1 Å². The molecular weight excluding hydrogens is 264 g/mol. The van der Waals surface area contributed by atoms with E-state index in [9.17, 15) is 9.90 Å². The lowest BCUT2D eigenvalue weighted by Gasteiger charge is -2.32. The van der Waals surface area contributed by atoms with Crippen LogP contribution in [0.25, 0.3) is 0 Å². The molecule has 0 aromatic heterocycles. The molecule has 1 fully saturated rings. The van der Waals surface area contributed by atoms with Gasteiger partial charge in [0.1, 0.15) is 0 Å². The first kappa shape index (κ1) is 16.0. The summed E-state index contributed by atoms with van der Waals surface area (Å²) in [6.45, 7) is 8.06. The van der Waals surface area contributed by atoms with Crippen LogP contribution in [-0.2, 0) is 17.8 Å². The number of amides is 1. The maximum absolute atomic E-state index is 11.7. The van der Waals surface area contributed by atoms with Crippen LogP contribution in [0.15, 0.2) is 24.3 Å². The standard InChI is InChI=1S/C17H26N2O2/c1-13-16(20)18-10-11-19(13)12-15-6-4-14(5-7-15)8-9-17(2,3)21/h4-7,13,21H,8-12H2,1-3H3,(H,18,20)/t13-/m0/s1. The molecule has 21 heavy (non-hydrogen) atoms. The number of rotatable bonds is 5. The first-order valence-electron chi connectivity index (χ1n) is 7.67. The monoisotopic (exact) mass is 290 g/mol. The molecule has 2 N–H and O–H groups in total. The highest BCUT2D eigenvalue weighted by Crippen LogP contribution is 2.15. The molecule has 1 aliphatic heterocycles. The van der Waals surface area contributed by atoms with E-state index in [1.807, 2.05) is 20.8 Å². The number of nitrogens with one attached hydrogen (secondary N) is 1. The summed E-state index contributed by atoms with van der Waals surface area (Å²) in [7, 11) is 0. The van der Waals surface area contributed by atoms with E-state index in [2.05, 4.69) is 34.5 Å². The zero-order valence-electron chi connectivity index (χ0n) is 13.2. The van der Waals surface area contributed by atoms with Gasteiger partial charge in [0.05, 0.1) is 11.6 Å². The number of carbonyl (C=O) groups excluding carboxylic acids is 1. The first-order chi connectivity index (χ1) is 9.85. The van der Waals surface area contributed by atoms with E-state index in [-0.39, 0.29) is 11.9 Å². The SMILES string of the molecule is C[C@H]1C(=O)NCCN1Cc1ccc(CCC(C)(C)O)cc1. The van der Waals surface area contributed by atoms with Crippen molar-refractivity contribution < 1.29 is 9.90 Å². The Kier molecular flexibility index (Phi) is 5.01. The molecule has 1 aliphatic rings. The highest BCUT2D eigenvalue weighted by molar-refractivity contribution is 5.81. The second kappa shape index (κ2) is 6.58. The average molecular weight is 290 g/mol. The largest absolute Gasteiger partial charge is 0.390 e. The Hall–Kier alpha value is -1.39. The number of hydrogen-bond acceptors (Lipinski definition) is 3. The van der Waals surface area contributed by atoms with Crippen molar-refractivity contribution in [1.82, 2.24) is 10.2 Å². The molecule has 0 unspecified atom stereocenters. The van der Waals surface area contributed by atoms with Crippen LogP contribution in [0.2, 0.25) is 0 Å². The highest BCUT2D eigenvalue weighted by atomic mass is 16.3. The lowest BCUT2D eigenvalue weighted by atomic mass is 9.98. The smallest absolute Gasteiger partial charge is 0.237 e. The number of aliphatic hydroxyl groups is 1. The lowest BCUT2D eigenvalue weighted by Crippen LogP contribution is -2.53. The second-order valence-electron chi connectivity index (χ2n) is 6.57. The molecule has 1 saturated heterocycles. The molecule has 116 valence electrons. The molecule has 0 bridgehead atoms. The second-order valence-corrected chi connectivity index (χ2v) is 6.57. The van der Waals surface area contributed by atoms with E-state index < -0.39 is 5.60 Å². The summed E-state index contributed by atoms with van der Waals surface area (Å²) in [6, 6.07) is 8.43. The van der Waals surface area contributed by atoms with E-state index in [4.69, 9.17) is 0 Å². The average Bonchev–Trinajstić information content (AvgIpc) is 2.42. The fraction of sp³-hybridized carbons (Fsp3) is 0.588. The molecule has 2 rings (SSSR count). The van der Waals surface area contributed by atoms with Crippen molar-refractivity contribution in [2.45, 2.75) is 51.8 Å². The molecule has 0 aliphatic carbocycles. The van der Waals surface area contributed by atoms with Crippen molar-refractivity contribution in [3.05, 3.63) is 35.4 Å². The molecular formula is C17H26N2O2. The zero-order valence-corrected chi connectivity index (χ0v) is 13.2. The molecule has 1 aromatic carbocycles. The van der Waals surface area contributed by atoms with Crippen molar-refractivity contribution in [2.24, 2.45) is 0 Å². The van der Waals surface area contributed by atoms with Gasteiger partial charge in [0.15, 0.2) is 0 Å². The molecule has 0 saturated carbocycles. The van der Waals surface area contributed by atoms with E-state index in [0.29, 0.717) is 0 Å². The van der Waals surface area contributed by atoms with E-state index in [0.717, 1.165) is 32.5 Å². The summed E-state index contributed by atoms with van der Waals surface area (Å²) in [5.41, 5.74) is 1.85.